The van der Waals surface area contributed by atoms with E-state index in [2.05, 4.69) is 31.2 Å². The number of hydrogen-bond donors (Lipinski definition) is 0. The van der Waals surface area contributed by atoms with Crippen molar-refractivity contribution in [1.29, 1.82) is 0 Å². The van der Waals surface area contributed by atoms with E-state index in [1.54, 1.807) is 12.4 Å². The number of hydrogen-bond acceptors (Lipinski definition) is 4. The quantitative estimate of drug-likeness (QED) is 0.855. The molecular formula is C15H17BrN4O. The Bertz CT molecular complexity index is 653. The van der Waals surface area contributed by atoms with Crippen LogP contribution in [0.1, 0.15) is 25.7 Å². The molecule has 0 N–H and O–H groups in total. The van der Waals surface area contributed by atoms with Crippen molar-refractivity contribution in [2.75, 3.05) is 6.61 Å². The molecule has 2 fully saturated rings. The third-order valence-corrected chi connectivity index (χ3v) is 5.06. The van der Waals surface area contributed by atoms with E-state index < -0.39 is 0 Å². The van der Waals surface area contributed by atoms with Crippen LogP contribution in [0.2, 0.25) is 0 Å². The SMILES string of the molecule is Brc1cncc(-c2cn(CC3CC4(CCC4)CO3)nn2)c1. The van der Waals surface area contributed by atoms with Crippen LogP contribution >= 0.6 is 15.9 Å². The molecule has 1 spiro atoms. The lowest BCUT2D eigenvalue weighted by Gasteiger charge is -2.36. The molecule has 3 heterocycles. The van der Waals surface area contributed by atoms with Crippen LogP contribution in [-0.4, -0.2) is 32.7 Å². The summed E-state index contributed by atoms with van der Waals surface area (Å²) < 4.78 is 8.77. The molecule has 4 rings (SSSR count). The predicted molar refractivity (Wildman–Crippen MR) is 81.6 cm³/mol. The highest BCUT2D eigenvalue weighted by Gasteiger charge is 2.44. The van der Waals surface area contributed by atoms with Gasteiger partial charge < -0.3 is 4.74 Å². The van der Waals surface area contributed by atoms with Crippen LogP contribution in [0.25, 0.3) is 11.3 Å². The Balaban J connectivity index is 1.45. The largest absolute Gasteiger partial charge is 0.376 e. The van der Waals surface area contributed by atoms with Crippen molar-refractivity contribution in [3.05, 3.63) is 29.1 Å². The minimum Gasteiger partial charge on any atom is -0.376 e. The molecule has 0 bridgehead atoms. The zero-order valence-electron chi connectivity index (χ0n) is 11.7. The highest BCUT2D eigenvalue weighted by molar-refractivity contribution is 9.10. The van der Waals surface area contributed by atoms with Gasteiger partial charge in [0.15, 0.2) is 0 Å². The summed E-state index contributed by atoms with van der Waals surface area (Å²) in [5, 5.41) is 8.46. The van der Waals surface area contributed by atoms with Crippen molar-refractivity contribution in [3.8, 4) is 11.3 Å². The first-order chi connectivity index (χ1) is 10.2. The minimum absolute atomic E-state index is 0.278. The van der Waals surface area contributed by atoms with Crippen molar-refractivity contribution in [1.82, 2.24) is 20.0 Å². The van der Waals surface area contributed by atoms with Gasteiger partial charge >= 0.3 is 0 Å². The summed E-state index contributed by atoms with van der Waals surface area (Å²) in [6.07, 6.45) is 11.0. The van der Waals surface area contributed by atoms with E-state index in [1.807, 2.05) is 16.9 Å². The molecule has 2 aliphatic rings. The molecule has 0 aromatic carbocycles. The maximum absolute atomic E-state index is 5.94. The monoisotopic (exact) mass is 348 g/mol. The van der Waals surface area contributed by atoms with E-state index in [-0.39, 0.29) is 6.10 Å². The second kappa shape index (κ2) is 5.18. The van der Waals surface area contributed by atoms with Crippen LogP contribution in [0.15, 0.2) is 29.1 Å². The van der Waals surface area contributed by atoms with Crippen molar-refractivity contribution in [3.63, 3.8) is 0 Å². The van der Waals surface area contributed by atoms with Gasteiger partial charge in [0, 0.05) is 22.4 Å². The second-order valence-electron chi connectivity index (χ2n) is 6.21. The Kier molecular flexibility index (Phi) is 3.30. The van der Waals surface area contributed by atoms with Crippen LogP contribution in [0.3, 0.4) is 0 Å². The van der Waals surface area contributed by atoms with Gasteiger partial charge in [-0.1, -0.05) is 11.6 Å². The van der Waals surface area contributed by atoms with Crippen LogP contribution in [0, 0.1) is 5.41 Å². The van der Waals surface area contributed by atoms with Crippen LogP contribution in [0.4, 0.5) is 0 Å². The molecule has 2 aromatic heterocycles. The molecule has 1 aliphatic heterocycles. The Hall–Kier alpha value is -1.27. The number of halogens is 1. The zero-order chi connectivity index (χ0) is 14.3. The van der Waals surface area contributed by atoms with Gasteiger partial charge in [0.25, 0.3) is 0 Å². The van der Waals surface area contributed by atoms with Crippen LogP contribution in [-0.2, 0) is 11.3 Å². The van der Waals surface area contributed by atoms with Gasteiger partial charge in [-0.05, 0) is 46.7 Å². The van der Waals surface area contributed by atoms with E-state index >= 15 is 0 Å². The first-order valence-electron chi connectivity index (χ1n) is 7.35. The molecule has 2 aromatic rings. The first kappa shape index (κ1) is 13.4. The summed E-state index contributed by atoms with van der Waals surface area (Å²) in [7, 11) is 0. The Morgan fingerprint density at radius 3 is 3.00 bits per heavy atom. The number of pyridine rings is 1. The standard InChI is InChI=1S/C15H17BrN4O/c16-12-4-11(6-17-7-12)14-9-20(19-18-14)8-13-5-15(10-21-13)2-1-3-15/h4,6-7,9,13H,1-3,5,8,10H2. The predicted octanol–water partition coefficient (Wildman–Crippen LogP) is 3.06. The van der Waals surface area contributed by atoms with Gasteiger partial charge in [-0.3, -0.25) is 4.98 Å². The molecule has 110 valence electrons. The van der Waals surface area contributed by atoms with Crippen molar-refractivity contribution < 1.29 is 4.74 Å². The Morgan fingerprint density at radius 1 is 1.38 bits per heavy atom. The van der Waals surface area contributed by atoms with Gasteiger partial charge in [0.1, 0.15) is 5.69 Å². The molecule has 0 radical (unpaired) electrons. The topological polar surface area (TPSA) is 52.8 Å². The summed E-state index contributed by atoms with van der Waals surface area (Å²) in [6.45, 7) is 1.71. The molecule has 1 aliphatic carbocycles. The first-order valence-corrected chi connectivity index (χ1v) is 8.14. The third kappa shape index (κ3) is 2.62. The smallest absolute Gasteiger partial charge is 0.114 e. The molecule has 1 saturated heterocycles. The summed E-state index contributed by atoms with van der Waals surface area (Å²) >= 11 is 3.43. The molecule has 5 nitrogen and oxygen atoms in total. The summed E-state index contributed by atoms with van der Waals surface area (Å²) in [5.74, 6) is 0. The molecule has 6 heteroatoms. The highest BCUT2D eigenvalue weighted by atomic mass is 79.9. The number of rotatable bonds is 3. The van der Waals surface area contributed by atoms with E-state index in [1.165, 1.54) is 25.7 Å². The maximum atomic E-state index is 5.94. The summed E-state index contributed by atoms with van der Waals surface area (Å²) in [6, 6.07) is 2.00. The van der Waals surface area contributed by atoms with Gasteiger partial charge in [-0.15, -0.1) is 5.10 Å². The van der Waals surface area contributed by atoms with Crippen LogP contribution < -0.4 is 0 Å². The fraction of sp³-hybridized carbons (Fsp3) is 0.533. The molecule has 0 amide bonds. The lowest BCUT2D eigenvalue weighted by atomic mass is 9.68. The molecular weight excluding hydrogens is 332 g/mol. The number of aromatic nitrogens is 4. The highest BCUT2D eigenvalue weighted by Crippen LogP contribution is 2.49. The summed E-state index contributed by atoms with van der Waals surface area (Å²) in [5.41, 5.74) is 2.31. The normalized spacial score (nSPS) is 23.4. The van der Waals surface area contributed by atoms with E-state index in [0.29, 0.717) is 5.41 Å². The van der Waals surface area contributed by atoms with E-state index in [0.717, 1.165) is 28.9 Å². The Morgan fingerprint density at radius 2 is 2.29 bits per heavy atom. The Labute approximate surface area is 131 Å². The third-order valence-electron chi connectivity index (χ3n) is 4.63. The van der Waals surface area contributed by atoms with Gasteiger partial charge in [-0.25, -0.2) is 4.68 Å². The fourth-order valence-corrected chi connectivity index (χ4v) is 3.68. The van der Waals surface area contributed by atoms with Gasteiger partial charge in [0.2, 0.25) is 0 Å². The maximum Gasteiger partial charge on any atom is 0.114 e. The molecule has 1 atom stereocenters. The lowest BCUT2D eigenvalue weighted by Crippen LogP contribution is -2.29. The minimum atomic E-state index is 0.278. The number of ether oxygens (including phenoxy) is 1. The fourth-order valence-electron chi connectivity index (χ4n) is 3.32. The average molecular weight is 349 g/mol. The van der Waals surface area contributed by atoms with E-state index in [9.17, 15) is 0 Å². The molecule has 1 saturated carbocycles. The second-order valence-corrected chi connectivity index (χ2v) is 7.12. The molecule has 1 unspecified atom stereocenters. The van der Waals surface area contributed by atoms with Crippen molar-refractivity contribution in [2.45, 2.75) is 38.3 Å². The van der Waals surface area contributed by atoms with E-state index in [4.69, 9.17) is 4.74 Å². The zero-order valence-corrected chi connectivity index (χ0v) is 13.3. The van der Waals surface area contributed by atoms with Crippen molar-refractivity contribution >= 4 is 15.9 Å². The van der Waals surface area contributed by atoms with Crippen molar-refractivity contribution in [2.24, 2.45) is 5.41 Å². The lowest BCUT2D eigenvalue weighted by molar-refractivity contribution is 0.0615. The summed E-state index contributed by atoms with van der Waals surface area (Å²) in [4.78, 5) is 4.16. The van der Waals surface area contributed by atoms with Crippen LogP contribution in [0.5, 0.6) is 0 Å². The average Bonchev–Trinajstić information content (AvgIpc) is 3.06. The van der Waals surface area contributed by atoms with Gasteiger partial charge in [-0.2, -0.15) is 0 Å². The number of nitrogens with zero attached hydrogens (tertiary/aromatic N) is 4. The molecule has 21 heavy (non-hydrogen) atoms. The van der Waals surface area contributed by atoms with Gasteiger partial charge in [0.05, 0.1) is 25.5 Å².